The minimum atomic E-state index is -0.0576. The molecule has 2 fully saturated rings. The number of methoxy groups -OCH3 is 1. The van der Waals surface area contributed by atoms with Crippen LogP contribution in [0.3, 0.4) is 0 Å². The molecule has 168 valence electrons. The number of carbonyl (C=O) groups excluding carboxylic acids is 1. The van der Waals surface area contributed by atoms with Gasteiger partial charge >= 0.3 is 0 Å². The van der Waals surface area contributed by atoms with E-state index in [0.717, 1.165) is 42.7 Å². The van der Waals surface area contributed by atoms with Gasteiger partial charge in [0.25, 0.3) is 0 Å². The summed E-state index contributed by atoms with van der Waals surface area (Å²) in [5, 5.41) is 3.12. The number of benzene rings is 2. The van der Waals surface area contributed by atoms with Gasteiger partial charge in [0.2, 0.25) is 5.91 Å². The highest BCUT2D eigenvalue weighted by Crippen LogP contribution is 2.37. The van der Waals surface area contributed by atoms with Crippen molar-refractivity contribution in [3.05, 3.63) is 59.2 Å². The van der Waals surface area contributed by atoms with Crippen molar-refractivity contribution in [3.8, 4) is 11.5 Å². The molecule has 2 aromatic rings. The second-order valence-corrected chi connectivity index (χ2v) is 8.49. The number of ether oxygens (including phenoxy) is 2. The van der Waals surface area contributed by atoms with Gasteiger partial charge in [-0.3, -0.25) is 4.79 Å². The maximum Gasteiger partial charge on any atom is 0.223 e. The Labute approximate surface area is 191 Å². The monoisotopic (exact) mass is 444 g/mol. The number of carbonyl (C=O) groups is 1. The number of amides is 1. The molecule has 2 aromatic carbocycles. The van der Waals surface area contributed by atoms with Crippen LogP contribution in [0.4, 0.5) is 0 Å². The molecule has 0 aromatic heterocycles. The molecule has 0 spiro atoms. The summed E-state index contributed by atoms with van der Waals surface area (Å²) in [6.45, 7) is 1.15. The Morgan fingerprint density at radius 2 is 1.81 bits per heavy atom. The largest absolute Gasteiger partial charge is 0.493 e. The molecule has 5 nitrogen and oxygen atoms in total. The van der Waals surface area contributed by atoms with Crippen molar-refractivity contribution in [2.24, 2.45) is 11.7 Å². The normalized spacial score (nSPS) is 21.3. The lowest BCUT2D eigenvalue weighted by Gasteiger charge is -2.30. The summed E-state index contributed by atoms with van der Waals surface area (Å²) in [5.41, 5.74) is 9.37. The molecule has 31 heavy (non-hydrogen) atoms. The first-order chi connectivity index (χ1) is 14.7. The second-order valence-electron chi connectivity index (χ2n) is 8.49. The standard InChI is InChI=1S/C25H32N2O3.ClH/c1-29-23-11-10-18(14-24(23)30-22-8-4-5-9-22)21-13-20(25(28)27-16-21)12-17-6-2-3-7-19(17)15-26;/h2-3,6-7,10-11,14,20-22H,4-5,8-9,12-13,15-16,26H2,1H3,(H,27,28);1H/t20-,21+;/m0./s1. The van der Waals surface area contributed by atoms with Crippen molar-refractivity contribution in [1.29, 1.82) is 0 Å². The van der Waals surface area contributed by atoms with E-state index in [-0.39, 0.29) is 36.3 Å². The van der Waals surface area contributed by atoms with E-state index in [0.29, 0.717) is 13.1 Å². The first-order valence-electron chi connectivity index (χ1n) is 11.1. The number of nitrogens with two attached hydrogens (primary N) is 1. The zero-order valence-corrected chi connectivity index (χ0v) is 19.0. The number of rotatable bonds is 7. The average Bonchev–Trinajstić information content (AvgIpc) is 3.29. The van der Waals surface area contributed by atoms with Gasteiger partial charge in [-0.15, -0.1) is 12.4 Å². The summed E-state index contributed by atoms with van der Waals surface area (Å²) in [6.07, 6.45) is 6.49. The first kappa shape index (κ1) is 23.4. The van der Waals surface area contributed by atoms with Gasteiger partial charge in [-0.2, -0.15) is 0 Å². The van der Waals surface area contributed by atoms with Crippen LogP contribution in [0.15, 0.2) is 42.5 Å². The van der Waals surface area contributed by atoms with Gasteiger partial charge in [0.1, 0.15) is 0 Å². The van der Waals surface area contributed by atoms with Crippen molar-refractivity contribution in [2.75, 3.05) is 13.7 Å². The number of halogens is 1. The van der Waals surface area contributed by atoms with Crippen molar-refractivity contribution in [1.82, 2.24) is 5.32 Å². The van der Waals surface area contributed by atoms with E-state index in [4.69, 9.17) is 15.2 Å². The van der Waals surface area contributed by atoms with Crippen LogP contribution in [-0.2, 0) is 17.8 Å². The maximum absolute atomic E-state index is 12.6. The molecule has 0 radical (unpaired) electrons. The maximum atomic E-state index is 12.6. The number of nitrogens with one attached hydrogen (secondary N) is 1. The molecule has 1 amide bonds. The summed E-state index contributed by atoms with van der Waals surface area (Å²) in [6, 6.07) is 14.4. The minimum Gasteiger partial charge on any atom is -0.493 e. The van der Waals surface area contributed by atoms with Crippen LogP contribution in [0.2, 0.25) is 0 Å². The Bertz CT molecular complexity index is 883. The number of hydrogen-bond acceptors (Lipinski definition) is 4. The Morgan fingerprint density at radius 3 is 2.52 bits per heavy atom. The van der Waals surface area contributed by atoms with Crippen LogP contribution in [0.5, 0.6) is 11.5 Å². The van der Waals surface area contributed by atoms with E-state index in [9.17, 15) is 4.79 Å². The zero-order chi connectivity index (χ0) is 20.9. The molecule has 1 aliphatic carbocycles. The van der Waals surface area contributed by atoms with Gasteiger partial charge in [-0.1, -0.05) is 30.3 Å². The van der Waals surface area contributed by atoms with Gasteiger partial charge < -0.3 is 20.5 Å². The van der Waals surface area contributed by atoms with Crippen LogP contribution in [0.25, 0.3) is 0 Å². The highest BCUT2D eigenvalue weighted by atomic mass is 35.5. The number of piperidine rings is 1. The third kappa shape index (κ3) is 5.52. The summed E-state index contributed by atoms with van der Waals surface area (Å²) in [5.74, 6) is 1.93. The zero-order valence-electron chi connectivity index (χ0n) is 18.1. The van der Waals surface area contributed by atoms with Gasteiger partial charge in [0.05, 0.1) is 13.2 Å². The SMILES string of the molecule is COc1ccc([C@H]2CNC(=O)[C@@H](Cc3ccccc3CN)C2)cc1OC1CCCC1.Cl. The third-order valence-corrected chi connectivity index (χ3v) is 6.52. The van der Waals surface area contributed by atoms with Crippen molar-refractivity contribution in [3.63, 3.8) is 0 Å². The summed E-state index contributed by atoms with van der Waals surface area (Å²) in [7, 11) is 1.68. The Kier molecular flexibility index (Phi) is 8.22. The van der Waals surface area contributed by atoms with E-state index < -0.39 is 0 Å². The molecule has 4 rings (SSSR count). The summed E-state index contributed by atoms with van der Waals surface area (Å²) in [4.78, 5) is 12.6. The highest BCUT2D eigenvalue weighted by Gasteiger charge is 2.30. The van der Waals surface area contributed by atoms with Gasteiger partial charge in [0, 0.05) is 24.9 Å². The van der Waals surface area contributed by atoms with Crippen LogP contribution in [0.1, 0.15) is 54.7 Å². The fraction of sp³-hybridized carbons (Fsp3) is 0.480. The molecule has 1 heterocycles. The fourth-order valence-corrected chi connectivity index (χ4v) is 4.78. The van der Waals surface area contributed by atoms with Crippen molar-refractivity contribution >= 4 is 18.3 Å². The fourth-order valence-electron chi connectivity index (χ4n) is 4.78. The van der Waals surface area contributed by atoms with E-state index >= 15 is 0 Å². The molecule has 1 saturated carbocycles. The third-order valence-electron chi connectivity index (χ3n) is 6.52. The molecular formula is C25H33ClN2O3. The van der Waals surface area contributed by atoms with Gasteiger partial charge in [-0.05, 0) is 67.3 Å². The smallest absolute Gasteiger partial charge is 0.223 e. The lowest BCUT2D eigenvalue weighted by molar-refractivity contribution is -0.126. The molecule has 2 aliphatic rings. The predicted molar refractivity (Wildman–Crippen MR) is 125 cm³/mol. The Morgan fingerprint density at radius 1 is 1.06 bits per heavy atom. The highest BCUT2D eigenvalue weighted by molar-refractivity contribution is 5.85. The van der Waals surface area contributed by atoms with E-state index in [1.54, 1.807) is 7.11 Å². The van der Waals surface area contributed by atoms with E-state index in [2.05, 4.69) is 23.5 Å². The lowest BCUT2D eigenvalue weighted by atomic mass is 9.81. The van der Waals surface area contributed by atoms with Crippen molar-refractivity contribution < 1.29 is 14.3 Å². The lowest BCUT2D eigenvalue weighted by Crippen LogP contribution is -2.41. The molecule has 0 unspecified atom stereocenters. The van der Waals surface area contributed by atoms with Crippen LogP contribution in [0, 0.1) is 5.92 Å². The topological polar surface area (TPSA) is 73.6 Å². The Hall–Kier alpha value is -2.24. The van der Waals surface area contributed by atoms with Crippen LogP contribution >= 0.6 is 12.4 Å². The number of hydrogen-bond donors (Lipinski definition) is 2. The predicted octanol–water partition coefficient (Wildman–Crippen LogP) is 4.36. The summed E-state index contributed by atoms with van der Waals surface area (Å²) >= 11 is 0. The van der Waals surface area contributed by atoms with Gasteiger partial charge in [-0.25, -0.2) is 0 Å². The average molecular weight is 445 g/mol. The molecule has 1 saturated heterocycles. The molecule has 3 N–H and O–H groups in total. The molecule has 0 bridgehead atoms. The molecule has 1 aliphatic heterocycles. The second kappa shape index (κ2) is 10.9. The van der Waals surface area contributed by atoms with E-state index in [1.807, 2.05) is 24.3 Å². The first-order valence-corrected chi connectivity index (χ1v) is 11.1. The van der Waals surface area contributed by atoms with Crippen molar-refractivity contribution in [2.45, 2.75) is 57.1 Å². The van der Waals surface area contributed by atoms with Crippen LogP contribution < -0.4 is 20.5 Å². The quantitative estimate of drug-likeness (QED) is 0.665. The molecular weight excluding hydrogens is 412 g/mol. The molecule has 6 heteroatoms. The minimum absolute atomic E-state index is 0. The molecule has 2 atom stereocenters. The van der Waals surface area contributed by atoms with E-state index in [1.165, 1.54) is 24.0 Å². The van der Waals surface area contributed by atoms with Gasteiger partial charge in [0.15, 0.2) is 11.5 Å². The summed E-state index contributed by atoms with van der Waals surface area (Å²) < 4.78 is 11.8. The van der Waals surface area contributed by atoms with Crippen LogP contribution in [-0.4, -0.2) is 25.7 Å². The Balaban J connectivity index is 0.00000272.